The Morgan fingerprint density at radius 1 is 1.25 bits per heavy atom. The SMILES string of the molecule is FC(F)(F)Cc1ccc(CBr)o1. The summed E-state index contributed by atoms with van der Waals surface area (Å²) in [6.07, 6.45) is -5.19. The summed E-state index contributed by atoms with van der Waals surface area (Å²) in [6.45, 7) is 0. The summed E-state index contributed by atoms with van der Waals surface area (Å²) in [5.41, 5.74) is 0. The summed E-state index contributed by atoms with van der Waals surface area (Å²) < 4.78 is 40.2. The van der Waals surface area contributed by atoms with Gasteiger partial charge in [-0.1, -0.05) is 15.9 Å². The van der Waals surface area contributed by atoms with Crippen LogP contribution in [0.2, 0.25) is 0 Å². The molecule has 0 aromatic carbocycles. The van der Waals surface area contributed by atoms with Crippen LogP contribution in [-0.2, 0) is 11.8 Å². The summed E-state index contributed by atoms with van der Waals surface area (Å²) in [5.74, 6) is 0.464. The molecular weight excluding hydrogens is 237 g/mol. The fraction of sp³-hybridized carbons (Fsp3) is 0.429. The Hall–Kier alpha value is -0.450. The van der Waals surface area contributed by atoms with Crippen molar-refractivity contribution in [2.45, 2.75) is 17.9 Å². The van der Waals surface area contributed by atoms with Crippen molar-refractivity contribution in [3.05, 3.63) is 23.7 Å². The average Bonchev–Trinajstić information content (AvgIpc) is 2.32. The minimum absolute atomic E-state index is 0.0445. The maximum absolute atomic E-state index is 11.8. The Balaban J connectivity index is 2.64. The first kappa shape index (κ1) is 9.64. The molecule has 1 heterocycles. The van der Waals surface area contributed by atoms with Gasteiger partial charge in [0.05, 0.1) is 5.33 Å². The Bertz CT molecular complexity index is 253. The van der Waals surface area contributed by atoms with Crippen LogP contribution in [-0.4, -0.2) is 6.18 Å². The average molecular weight is 243 g/mol. The Morgan fingerprint density at radius 2 is 1.83 bits per heavy atom. The van der Waals surface area contributed by atoms with Crippen molar-refractivity contribution in [2.24, 2.45) is 0 Å². The van der Waals surface area contributed by atoms with E-state index in [4.69, 9.17) is 4.42 Å². The summed E-state index contributed by atoms with van der Waals surface area (Å²) in [6, 6.07) is 2.86. The highest BCUT2D eigenvalue weighted by Crippen LogP contribution is 2.22. The van der Waals surface area contributed by atoms with Gasteiger partial charge in [-0.2, -0.15) is 13.2 Å². The van der Waals surface area contributed by atoms with Crippen molar-refractivity contribution in [1.29, 1.82) is 0 Å². The third-order valence-corrected chi connectivity index (χ3v) is 1.78. The van der Waals surface area contributed by atoms with Gasteiger partial charge in [-0.05, 0) is 12.1 Å². The number of hydrogen-bond donors (Lipinski definition) is 0. The zero-order valence-corrected chi connectivity index (χ0v) is 7.58. The van der Waals surface area contributed by atoms with Crippen LogP contribution in [0.4, 0.5) is 13.2 Å². The van der Waals surface area contributed by atoms with Crippen molar-refractivity contribution in [1.82, 2.24) is 0 Å². The van der Waals surface area contributed by atoms with Crippen LogP contribution in [0.5, 0.6) is 0 Å². The monoisotopic (exact) mass is 242 g/mol. The van der Waals surface area contributed by atoms with Gasteiger partial charge in [-0.15, -0.1) is 0 Å². The van der Waals surface area contributed by atoms with Gasteiger partial charge in [0, 0.05) is 0 Å². The topological polar surface area (TPSA) is 13.1 Å². The summed E-state index contributed by atoms with van der Waals surface area (Å²) >= 11 is 3.08. The van der Waals surface area contributed by atoms with Crippen molar-refractivity contribution >= 4 is 15.9 Å². The highest BCUT2D eigenvalue weighted by Gasteiger charge is 2.29. The van der Waals surface area contributed by atoms with E-state index in [0.717, 1.165) is 0 Å². The Kier molecular flexibility index (Phi) is 2.82. The number of furan rings is 1. The van der Waals surface area contributed by atoms with Crippen LogP contribution in [0.1, 0.15) is 11.5 Å². The van der Waals surface area contributed by atoms with E-state index in [-0.39, 0.29) is 5.76 Å². The molecule has 1 aromatic heterocycles. The molecular formula is C7H6BrF3O. The largest absolute Gasteiger partial charge is 0.465 e. The molecule has 0 unspecified atom stereocenters. The second-order valence-corrected chi connectivity index (χ2v) is 2.85. The number of alkyl halides is 4. The Morgan fingerprint density at radius 3 is 2.25 bits per heavy atom. The predicted molar refractivity (Wildman–Crippen MR) is 41.1 cm³/mol. The predicted octanol–water partition coefficient (Wildman–Crippen LogP) is 3.28. The smallest absolute Gasteiger partial charge is 0.396 e. The third-order valence-electron chi connectivity index (χ3n) is 1.22. The molecule has 0 aliphatic carbocycles. The van der Waals surface area contributed by atoms with E-state index in [1.165, 1.54) is 12.1 Å². The van der Waals surface area contributed by atoms with Gasteiger partial charge in [0.1, 0.15) is 17.9 Å². The van der Waals surface area contributed by atoms with Crippen molar-refractivity contribution < 1.29 is 17.6 Å². The maximum atomic E-state index is 11.8. The maximum Gasteiger partial charge on any atom is 0.396 e. The van der Waals surface area contributed by atoms with Gasteiger partial charge in [0.2, 0.25) is 0 Å². The second-order valence-electron chi connectivity index (χ2n) is 2.29. The highest BCUT2D eigenvalue weighted by atomic mass is 79.9. The molecule has 0 N–H and O–H groups in total. The fourth-order valence-corrected chi connectivity index (χ4v) is 1.09. The molecule has 1 nitrogen and oxygen atoms in total. The molecule has 68 valence electrons. The van der Waals surface area contributed by atoms with Crippen LogP contribution >= 0.6 is 15.9 Å². The minimum Gasteiger partial charge on any atom is -0.465 e. The first-order chi connectivity index (χ1) is 5.51. The standard InChI is InChI=1S/C7H6BrF3O/c8-4-6-2-1-5(12-6)3-7(9,10)11/h1-2H,3-4H2. The van der Waals surface area contributed by atoms with E-state index in [2.05, 4.69) is 15.9 Å². The molecule has 0 aliphatic rings. The third kappa shape index (κ3) is 2.89. The van der Waals surface area contributed by atoms with Crippen LogP contribution in [0.3, 0.4) is 0 Å². The van der Waals surface area contributed by atoms with Crippen molar-refractivity contribution in [2.75, 3.05) is 0 Å². The summed E-state index contributed by atoms with van der Waals surface area (Å²) in [5, 5.41) is 0.435. The minimum atomic E-state index is -4.19. The normalized spacial score (nSPS) is 12.0. The quantitative estimate of drug-likeness (QED) is 0.726. The van der Waals surface area contributed by atoms with E-state index in [0.29, 0.717) is 11.1 Å². The lowest BCUT2D eigenvalue weighted by Gasteiger charge is -2.01. The van der Waals surface area contributed by atoms with E-state index < -0.39 is 12.6 Å². The first-order valence-corrected chi connectivity index (χ1v) is 4.34. The van der Waals surface area contributed by atoms with E-state index in [1.54, 1.807) is 0 Å². The van der Waals surface area contributed by atoms with Gasteiger partial charge in [0.25, 0.3) is 0 Å². The highest BCUT2D eigenvalue weighted by molar-refractivity contribution is 9.08. The molecule has 0 amide bonds. The second kappa shape index (κ2) is 3.51. The van der Waals surface area contributed by atoms with E-state index >= 15 is 0 Å². The first-order valence-electron chi connectivity index (χ1n) is 3.21. The van der Waals surface area contributed by atoms with Gasteiger partial charge in [-0.25, -0.2) is 0 Å². The van der Waals surface area contributed by atoms with Crippen LogP contribution in [0, 0.1) is 0 Å². The number of halogens is 4. The van der Waals surface area contributed by atoms with Crippen molar-refractivity contribution in [3.8, 4) is 0 Å². The lowest BCUT2D eigenvalue weighted by Crippen LogP contribution is -2.10. The molecule has 0 aliphatic heterocycles. The van der Waals surface area contributed by atoms with Crippen LogP contribution < -0.4 is 0 Å². The lowest BCUT2D eigenvalue weighted by molar-refractivity contribution is -0.130. The van der Waals surface area contributed by atoms with Crippen molar-refractivity contribution in [3.63, 3.8) is 0 Å². The van der Waals surface area contributed by atoms with E-state index in [1.807, 2.05) is 0 Å². The number of rotatable bonds is 2. The molecule has 0 fully saturated rings. The van der Waals surface area contributed by atoms with Crippen LogP contribution in [0.25, 0.3) is 0 Å². The molecule has 1 aromatic rings. The zero-order chi connectivity index (χ0) is 9.19. The molecule has 12 heavy (non-hydrogen) atoms. The molecule has 0 bridgehead atoms. The molecule has 0 atom stereocenters. The number of hydrogen-bond acceptors (Lipinski definition) is 1. The lowest BCUT2D eigenvalue weighted by atomic mass is 10.3. The summed E-state index contributed by atoms with van der Waals surface area (Å²) in [7, 11) is 0. The van der Waals surface area contributed by atoms with Crippen LogP contribution in [0.15, 0.2) is 16.5 Å². The Labute approximate surface area is 75.7 Å². The van der Waals surface area contributed by atoms with Gasteiger partial charge < -0.3 is 4.42 Å². The van der Waals surface area contributed by atoms with Gasteiger partial charge in [-0.3, -0.25) is 0 Å². The van der Waals surface area contributed by atoms with Gasteiger partial charge >= 0.3 is 6.18 Å². The molecule has 5 heteroatoms. The molecule has 0 spiro atoms. The van der Waals surface area contributed by atoms with E-state index in [9.17, 15) is 13.2 Å². The molecule has 0 saturated heterocycles. The fourth-order valence-electron chi connectivity index (χ4n) is 0.787. The molecule has 1 rings (SSSR count). The summed E-state index contributed by atoms with van der Waals surface area (Å²) in [4.78, 5) is 0. The van der Waals surface area contributed by atoms with Gasteiger partial charge in [0.15, 0.2) is 0 Å². The zero-order valence-electron chi connectivity index (χ0n) is 5.99. The molecule has 0 radical (unpaired) electrons. The molecule has 0 saturated carbocycles.